The third kappa shape index (κ3) is 5.33. The fraction of sp³-hybridized carbons (Fsp3) is 0.0926. The van der Waals surface area contributed by atoms with Crippen LogP contribution in [0.1, 0.15) is 52.0 Å². The maximum Gasteiger partial charge on any atom is 0.164 e. The van der Waals surface area contributed by atoms with Crippen LogP contribution in [0.5, 0.6) is 0 Å². The van der Waals surface area contributed by atoms with Crippen molar-refractivity contribution in [2.24, 2.45) is 0 Å². The van der Waals surface area contributed by atoms with Crippen LogP contribution in [0.3, 0.4) is 0 Å². The van der Waals surface area contributed by atoms with Crippen molar-refractivity contribution in [1.82, 2.24) is 15.0 Å². The minimum Gasteiger partial charge on any atom is -0.310 e. The Morgan fingerprint density at radius 3 is 1.52 bits per heavy atom. The van der Waals surface area contributed by atoms with Crippen molar-refractivity contribution in [3.63, 3.8) is 0 Å². The molecular weight excluding hydrogens is 705 g/mol. The van der Waals surface area contributed by atoms with Crippen molar-refractivity contribution in [1.29, 1.82) is 0 Å². The quantitative estimate of drug-likeness (QED) is 0.170. The lowest BCUT2D eigenvalue weighted by molar-refractivity contribution is 0.781. The van der Waals surface area contributed by atoms with Gasteiger partial charge in [0.25, 0.3) is 0 Å². The lowest BCUT2D eigenvalue weighted by Gasteiger charge is -2.34. The number of aromatic nitrogens is 3. The van der Waals surface area contributed by atoms with E-state index in [1.807, 2.05) is 36.4 Å². The number of rotatable bonds is 6. The van der Waals surface area contributed by atoms with Gasteiger partial charge in [-0.05, 0) is 113 Å². The van der Waals surface area contributed by atoms with Crippen LogP contribution in [0.25, 0.3) is 45.0 Å². The molecule has 0 saturated carbocycles. The summed E-state index contributed by atoms with van der Waals surface area (Å²) in [6.07, 6.45) is 4.16. The van der Waals surface area contributed by atoms with Gasteiger partial charge in [0, 0.05) is 28.2 Å². The third-order valence-electron chi connectivity index (χ3n) is 12.2. The Morgan fingerprint density at radius 1 is 0.431 bits per heavy atom. The molecule has 0 bridgehead atoms. The smallest absolute Gasteiger partial charge is 0.164 e. The summed E-state index contributed by atoms with van der Waals surface area (Å²) >= 11 is 0. The molecule has 11 rings (SSSR count). The molecular formula is C54H40N4. The van der Waals surface area contributed by atoms with Gasteiger partial charge in [0.1, 0.15) is 0 Å². The van der Waals surface area contributed by atoms with E-state index in [1.54, 1.807) is 0 Å². The molecule has 0 N–H and O–H groups in total. The fourth-order valence-electron chi connectivity index (χ4n) is 9.51. The number of aryl methyl sites for hydroxylation is 2. The Bertz CT molecular complexity index is 2840. The van der Waals surface area contributed by atoms with Crippen molar-refractivity contribution >= 4 is 28.2 Å². The summed E-state index contributed by atoms with van der Waals surface area (Å²) in [5.41, 5.74) is 19.0. The molecule has 1 aromatic heterocycles. The molecule has 1 atom stereocenters. The largest absolute Gasteiger partial charge is 0.310 e. The van der Waals surface area contributed by atoms with E-state index in [2.05, 4.69) is 164 Å². The van der Waals surface area contributed by atoms with Crippen LogP contribution < -0.4 is 4.90 Å². The van der Waals surface area contributed by atoms with E-state index in [0.29, 0.717) is 11.6 Å². The molecule has 1 spiro atoms. The Labute approximate surface area is 339 Å². The molecule has 3 aliphatic rings. The van der Waals surface area contributed by atoms with Crippen LogP contribution in [-0.2, 0) is 5.41 Å². The minimum absolute atomic E-state index is 0.524. The zero-order valence-corrected chi connectivity index (χ0v) is 32.5. The summed E-state index contributed by atoms with van der Waals surface area (Å²) in [7, 11) is 0. The second kappa shape index (κ2) is 13.5. The van der Waals surface area contributed by atoms with E-state index in [-0.39, 0.29) is 0 Å². The van der Waals surface area contributed by atoms with Crippen molar-refractivity contribution < 1.29 is 0 Å². The van der Waals surface area contributed by atoms with E-state index in [9.17, 15) is 0 Å². The van der Waals surface area contributed by atoms with Crippen molar-refractivity contribution in [2.75, 3.05) is 4.90 Å². The molecule has 4 nitrogen and oxygen atoms in total. The van der Waals surface area contributed by atoms with Gasteiger partial charge in [-0.15, -0.1) is 0 Å². The van der Waals surface area contributed by atoms with Crippen LogP contribution in [-0.4, -0.2) is 15.0 Å². The number of allylic oxidation sites excluding steroid dienone is 4. The summed E-state index contributed by atoms with van der Waals surface area (Å²) in [6, 6.07) is 63.5. The molecule has 0 saturated heterocycles. The van der Waals surface area contributed by atoms with Gasteiger partial charge in [-0.25, -0.2) is 15.0 Å². The predicted molar refractivity (Wildman–Crippen MR) is 237 cm³/mol. The molecule has 0 fully saturated rings. The first-order valence-electron chi connectivity index (χ1n) is 20.2. The minimum atomic E-state index is -0.524. The average molecular weight is 745 g/mol. The maximum absolute atomic E-state index is 5.22. The number of benzene rings is 7. The molecule has 7 aromatic carbocycles. The van der Waals surface area contributed by atoms with Gasteiger partial charge in [-0.2, -0.15) is 0 Å². The first-order valence-corrected chi connectivity index (χ1v) is 20.2. The molecule has 0 aliphatic heterocycles. The van der Waals surface area contributed by atoms with Gasteiger partial charge in [-0.3, -0.25) is 0 Å². The lowest BCUT2D eigenvalue weighted by Crippen LogP contribution is -2.27. The van der Waals surface area contributed by atoms with Crippen LogP contribution in [0.2, 0.25) is 0 Å². The summed E-state index contributed by atoms with van der Waals surface area (Å²) in [5, 5.41) is 0. The maximum atomic E-state index is 5.22. The highest BCUT2D eigenvalue weighted by molar-refractivity contribution is 5.99. The first-order chi connectivity index (χ1) is 28.6. The highest BCUT2D eigenvalue weighted by atomic mass is 15.1. The zero-order valence-electron chi connectivity index (χ0n) is 32.5. The Morgan fingerprint density at radius 2 is 0.914 bits per heavy atom. The fourth-order valence-corrected chi connectivity index (χ4v) is 9.51. The van der Waals surface area contributed by atoms with Crippen LogP contribution in [0, 0.1) is 13.8 Å². The third-order valence-corrected chi connectivity index (χ3v) is 12.2. The van der Waals surface area contributed by atoms with Gasteiger partial charge in [0.15, 0.2) is 17.5 Å². The van der Waals surface area contributed by atoms with E-state index in [4.69, 9.17) is 15.0 Å². The van der Waals surface area contributed by atoms with Crippen molar-refractivity contribution in [3.05, 3.63) is 227 Å². The molecule has 0 amide bonds. The van der Waals surface area contributed by atoms with Crippen LogP contribution in [0.4, 0.5) is 17.1 Å². The second-order valence-electron chi connectivity index (χ2n) is 15.7. The topological polar surface area (TPSA) is 41.9 Å². The molecule has 276 valence electrons. The lowest BCUT2D eigenvalue weighted by atomic mass is 9.68. The van der Waals surface area contributed by atoms with Crippen LogP contribution in [0.15, 0.2) is 188 Å². The number of hydrogen-bond acceptors (Lipinski definition) is 4. The molecule has 0 radical (unpaired) electrons. The second-order valence-corrected chi connectivity index (χ2v) is 15.7. The summed E-state index contributed by atoms with van der Waals surface area (Å²) in [4.78, 5) is 17.8. The first kappa shape index (κ1) is 34.1. The summed E-state index contributed by atoms with van der Waals surface area (Å²) in [5.74, 6) is 2.10. The number of anilines is 3. The molecule has 1 heterocycles. The monoisotopic (exact) mass is 744 g/mol. The Hall–Kier alpha value is -7.17. The number of hydrogen-bond donors (Lipinski definition) is 0. The molecule has 8 aromatic rings. The van der Waals surface area contributed by atoms with E-state index >= 15 is 0 Å². The van der Waals surface area contributed by atoms with Gasteiger partial charge in [0.05, 0.1) is 5.41 Å². The normalized spacial score (nSPS) is 16.1. The van der Waals surface area contributed by atoms with Gasteiger partial charge in [-0.1, -0.05) is 157 Å². The molecule has 1 unspecified atom stereocenters. The standard InChI is InChI=1S/C54H40N4/c1-35-21-26-40(27-22-35)58(41-28-23-36(2)24-29-41)42-30-32-46-44-18-10-12-20-48(44)54(50(46)34-42)47-19-11-9-17-43(47)45-31-25-39(33-49(45)54)53-56-51(37-13-5-3-6-14-37)55-52(57-53)38-15-7-4-8-16-38/h3-24,26-30,32-34H,25,31H2,1-2H3. The van der Waals surface area contributed by atoms with E-state index in [0.717, 1.165) is 52.4 Å². The molecule has 4 heteroatoms. The SMILES string of the molecule is Cc1ccc(N(c2ccc(C)cc2)c2ccc3c(c2)C2(C4=C(CCC(c5nc(-c6ccccc6)nc(-c6ccccc6)n5)=C4)c4ccccc42)c2ccccc2-3)cc1. The number of fused-ring (bicyclic) bond motifs is 9. The van der Waals surface area contributed by atoms with E-state index < -0.39 is 5.41 Å². The van der Waals surface area contributed by atoms with Gasteiger partial charge >= 0.3 is 0 Å². The van der Waals surface area contributed by atoms with E-state index in [1.165, 1.54) is 55.7 Å². The predicted octanol–water partition coefficient (Wildman–Crippen LogP) is 13.3. The highest BCUT2D eigenvalue weighted by Crippen LogP contribution is 2.64. The molecule has 58 heavy (non-hydrogen) atoms. The van der Waals surface area contributed by atoms with Crippen molar-refractivity contribution in [2.45, 2.75) is 32.1 Å². The summed E-state index contributed by atoms with van der Waals surface area (Å²) in [6.45, 7) is 4.29. The summed E-state index contributed by atoms with van der Waals surface area (Å²) < 4.78 is 0. The van der Waals surface area contributed by atoms with Crippen molar-refractivity contribution in [3.8, 4) is 33.9 Å². The Kier molecular flexibility index (Phi) is 7.94. The van der Waals surface area contributed by atoms with Gasteiger partial charge < -0.3 is 4.90 Å². The van der Waals surface area contributed by atoms with Crippen LogP contribution >= 0.6 is 0 Å². The zero-order chi connectivity index (χ0) is 38.8. The highest BCUT2D eigenvalue weighted by Gasteiger charge is 2.53. The molecule has 3 aliphatic carbocycles. The average Bonchev–Trinajstić information content (AvgIpc) is 3.75. The Balaban J connectivity index is 1.14. The van der Waals surface area contributed by atoms with Gasteiger partial charge in [0.2, 0.25) is 0 Å². The number of nitrogens with zero attached hydrogens (tertiary/aromatic N) is 4.